The van der Waals surface area contributed by atoms with Gasteiger partial charge in [0.15, 0.2) is 5.78 Å². The van der Waals surface area contributed by atoms with Gasteiger partial charge in [0.05, 0.1) is 29.6 Å². The van der Waals surface area contributed by atoms with Gasteiger partial charge in [0.1, 0.15) is 5.75 Å². The van der Waals surface area contributed by atoms with Gasteiger partial charge in [-0.2, -0.15) is 0 Å². The van der Waals surface area contributed by atoms with E-state index in [1.54, 1.807) is 7.11 Å². The summed E-state index contributed by atoms with van der Waals surface area (Å²) in [6.45, 7) is 0. The third kappa shape index (κ3) is 2.09. The molecule has 5 rings (SSSR count). The Labute approximate surface area is 150 Å². The zero-order valence-electron chi connectivity index (χ0n) is 14.3. The fourth-order valence-electron chi connectivity index (χ4n) is 3.67. The molecule has 4 nitrogen and oxygen atoms in total. The van der Waals surface area contributed by atoms with Crippen LogP contribution in [0.2, 0.25) is 0 Å². The van der Waals surface area contributed by atoms with Gasteiger partial charge in [-0.15, -0.1) is 0 Å². The van der Waals surface area contributed by atoms with E-state index >= 15 is 0 Å². The van der Waals surface area contributed by atoms with E-state index in [9.17, 15) is 4.79 Å². The first kappa shape index (κ1) is 14.9. The molecule has 0 N–H and O–H groups in total. The third-order valence-electron chi connectivity index (χ3n) is 4.88. The average molecular weight is 340 g/mol. The molecule has 0 spiro atoms. The third-order valence-corrected chi connectivity index (χ3v) is 4.88. The molecule has 0 saturated carbocycles. The number of hydrogen-bond donors (Lipinski definition) is 0. The maximum atomic E-state index is 12.6. The van der Waals surface area contributed by atoms with E-state index in [0.29, 0.717) is 6.42 Å². The van der Waals surface area contributed by atoms with Gasteiger partial charge in [-0.05, 0) is 48.5 Å². The highest BCUT2D eigenvalue weighted by Crippen LogP contribution is 2.36. The van der Waals surface area contributed by atoms with E-state index in [2.05, 4.69) is 10.5 Å². The number of carbonyl (C=O) groups excluding carboxylic acids is 1. The van der Waals surface area contributed by atoms with Gasteiger partial charge in [0, 0.05) is 29.1 Å². The van der Waals surface area contributed by atoms with Crippen molar-refractivity contribution in [3.63, 3.8) is 0 Å². The van der Waals surface area contributed by atoms with Crippen molar-refractivity contribution in [2.45, 2.75) is 6.42 Å². The van der Waals surface area contributed by atoms with Crippen LogP contribution >= 0.6 is 0 Å². The zero-order valence-corrected chi connectivity index (χ0v) is 14.3. The molecule has 1 aromatic carbocycles. The zero-order chi connectivity index (χ0) is 17.7. The van der Waals surface area contributed by atoms with E-state index in [0.717, 1.165) is 44.7 Å². The Kier molecular flexibility index (Phi) is 3.19. The fourth-order valence-corrected chi connectivity index (χ4v) is 3.67. The van der Waals surface area contributed by atoms with Gasteiger partial charge in [-0.3, -0.25) is 4.79 Å². The Morgan fingerprint density at radius 3 is 2.77 bits per heavy atom. The smallest absolute Gasteiger partial charge is 0.169 e. The van der Waals surface area contributed by atoms with Crippen LogP contribution in [-0.2, 0) is 0 Å². The van der Waals surface area contributed by atoms with Crippen molar-refractivity contribution in [1.29, 1.82) is 0 Å². The molecule has 3 heterocycles. The van der Waals surface area contributed by atoms with Gasteiger partial charge in [-0.1, -0.05) is 12.1 Å². The lowest BCUT2D eigenvalue weighted by Crippen LogP contribution is -2.08. The Morgan fingerprint density at radius 1 is 1.12 bits per heavy atom. The molecule has 0 fully saturated rings. The summed E-state index contributed by atoms with van der Waals surface area (Å²) >= 11 is 0. The number of benzene rings is 1. The van der Waals surface area contributed by atoms with Crippen molar-refractivity contribution in [2.24, 2.45) is 0 Å². The molecule has 1 aliphatic rings. The summed E-state index contributed by atoms with van der Waals surface area (Å²) in [6, 6.07) is 16.0. The number of pyridine rings is 2. The molecule has 4 heteroatoms. The molecule has 0 aliphatic heterocycles. The maximum absolute atomic E-state index is 12.6. The van der Waals surface area contributed by atoms with Crippen LogP contribution in [0.15, 0.2) is 60.8 Å². The first-order valence-corrected chi connectivity index (χ1v) is 8.54. The van der Waals surface area contributed by atoms with Gasteiger partial charge in [-0.25, -0.2) is 4.98 Å². The van der Waals surface area contributed by atoms with E-state index in [-0.39, 0.29) is 5.78 Å². The topological polar surface area (TPSA) is 43.6 Å². The average Bonchev–Trinajstić information content (AvgIpc) is 3.07. The summed E-state index contributed by atoms with van der Waals surface area (Å²) in [7, 11) is 1.65. The van der Waals surface area contributed by atoms with Crippen LogP contribution in [0.4, 0.5) is 0 Å². The predicted octanol–water partition coefficient (Wildman–Crippen LogP) is 4.76. The van der Waals surface area contributed by atoms with Gasteiger partial charge in [0.25, 0.3) is 0 Å². The maximum Gasteiger partial charge on any atom is 0.169 e. The van der Waals surface area contributed by atoms with Crippen molar-refractivity contribution < 1.29 is 9.53 Å². The number of carbonyl (C=O) groups is 1. The van der Waals surface area contributed by atoms with E-state index in [1.807, 2.05) is 60.8 Å². The number of allylic oxidation sites excluding steroid dienone is 1. The van der Waals surface area contributed by atoms with Crippen LogP contribution in [0.5, 0.6) is 5.75 Å². The van der Waals surface area contributed by atoms with Crippen LogP contribution in [0.1, 0.15) is 22.5 Å². The molecular weight excluding hydrogens is 324 g/mol. The molecule has 3 aromatic heterocycles. The van der Waals surface area contributed by atoms with Crippen molar-refractivity contribution >= 4 is 28.3 Å². The lowest BCUT2D eigenvalue weighted by molar-refractivity contribution is 0.0996. The van der Waals surface area contributed by atoms with Crippen molar-refractivity contribution in [1.82, 2.24) is 9.38 Å². The molecule has 0 amide bonds. The minimum atomic E-state index is 0.122. The summed E-state index contributed by atoms with van der Waals surface area (Å²) in [5.74, 6) is 0.926. The lowest BCUT2D eigenvalue weighted by atomic mass is 9.95. The normalized spacial score (nSPS) is 13.3. The van der Waals surface area contributed by atoms with Crippen LogP contribution < -0.4 is 4.74 Å². The fraction of sp³-hybridized carbons (Fsp3) is 0.0909. The SMILES string of the molecule is COc1ccc(-c2nc3c(c4cc5ccccn5c24)C(=O)CC=C3)cc1. The molecular formula is C22H16N2O2. The van der Waals surface area contributed by atoms with Gasteiger partial charge in [0.2, 0.25) is 0 Å². The molecule has 0 radical (unpaired) electrons. The first-order chi connectivity index (χ1) is 12.8. The number of nitrogens with zero attached hydrogens (tertiary/aromatic N) is 2. The second kappa shape index (κ2) is 5.56. The van der Waals surface area contributed by atoms with Gasteiger partial charge >= 0.3 is 0 Å². The summed E-state index contributed by atoms with van der Waals surface area (Å²) < 4.78 is 7.38. The van der Waals surface area contributed by atoms with Crippen molar-refractivity contribution in [3.05, 3.63) is 72.1 Å². The number of hydrogen-bond acceptors (Lipinski definition) is 3. The lowest BCUT2D eigenvalue weighted by Gasteiger charge is -2.14. The second-order valence-corrected chi connectivity index (χ2v) is 6.38. The molecule has 0 atom stereocenters. The second-order valence-electron chi connectivity index (χ2n) is 6.38. The summed E-state index contributed by atoms with van der Waals surface area (Å²) in [5, 5.41) is 0.960. The minimum absolute atomic E-state index is 0.122. The first-order valence-electron chi connectivity index (χ1n) is 8.54. The van der Waals surface area contributed by atoms with Crippen LogP contribution in [0.25, 0.3) is 33.8 Å². The standard InChI is InChI=1S/C22H16N2O2/c1-26-16-10-8-14(9-11-16)21-22-17(13-15-5-2-3-12-24(15)22)20-18(23-21)6-4-7-19(20)25/h2-6,8-13H,7H2,1H3. The summed E-state index contributed by atoms with van der Waals surface area (Å²) in [6.07, 6.45) is 6.28. The number of ether oxygens (including phenoxy) is 1. The summed E-state index contributed by atoms with van der Waals surface area (Å²) in [5.41, 5.74) is 5.35. The Hall–Kier alpha value is -3.40. The van der Waals surface area contributed by atoms with E-state index < -0.39 is 0 Å². The highest BCUT2D eigenvalue weighted by Gasteiger charge is 2.23. The Morgan fingerprint density at radius 2 is 1.96 bits per heavy atom. The molecule has 4 aromatic rings. The number of fused-ring (bicyclic) bond motifs is 5. The van der Waals surface area contributed by atoms with Gasteiger partial charge < -0.3 is 9.14 Å². The molecule has 0 bridgehead atoms. The van der Waals surface area contributed by atoms with E-state index in [1.165, 1.54) is 0 Å². The minimum Gasteiger partial charge on any atom is -0.497 e. The quantitative estimate of drug-likeness (QED) is 0.528. The van der Waals surface area contributed by atoms with Crippen molar-refractivity contribution in [3.8, 4) is 17.0 Å². The van der Waals surface area contributed by atoms with Crippen molar-refractivity contribution in [2.75, 3.05) is 7.11 Å². The molecule has 1 aliphatic carbocycles. The van der Waals surface area contributed by atoms with Crippen LogP contribution in [-0.4, -0.2) is 22.3 Å². The number of rotatable bonds is 2. The monoisotopic (exact) mass is 340 g/mol. The highest BCUT2D eigenvalue weighted by molar-refractivity contribution is 6.15. The number of methoxy groups -OCH3 is 1. The Balaban J connectivity index is 1.92. The summed E-state index contributed by atoms with van der Waals surface area (Å²) in [4.78, 5) is 17.5. The Bertz CT molecular complexity index is 1200. The van der Waals surface area contributed by atoms with E-state index in [4.69, 9.17) is 9.72 Å². The highest BCUT2D eigenvalue weighted by atomic mass is 16.5. The van der Waals surface area contributed by atoms with Crippen LogP contribution in [0.3, 0.4) is 0 Å². The largest absolute Gasteiger partial charge is 0.497 e. The predicted molar refractivity (Wildman–Crippen MR) is 103 cm³/mol. The molecule has 0 unspecified atom stereocenters. The number of Topliss-reactive ketones (excluding diaryl/α,β-unsaturated/α-hetero) is 1. The molecule has 26 heavy (non-hydrogen) atoms. The number of aromatic nitrogens is 2. The number of ketones is 1. The van der Waals surface area contributed by atoms with Crippen LogP contribution in [0, 0.1) is 0 Å². The molecule has 0 saturated heterocycles. The molecule has 126 valence electrons.